The minimum Gasteiger partial charge on any atom is -1.00 e. The van der Waals surface area contributed by atoms with Gasteiger partial charge in [-0.2, -0.15) is 0 Å². The van der Waals surface area contributed by atoms with Crippen molar-refractivity contribution in [1.29, 1.82) is 0 Å². The fourth-order valence-corrected chi connectivity index (χ4v) is 3.53. The summed E-state index contributed by atoms with van der Waals surface area (Å²) in [6.45, 7) is 1.76. The molecule has 2 aromatic heterocycles. The first-order chi connectivity index (χ1) is 16.1. The van der Waals surface area contributed by atoms with Crippen LogP contribution in [-0.4, -0.2) is 88.5 Å². The number of aliphatic carboxylic acids is 2. The molecule has 14 heteroatoms. The maximum Gasteiger partial charge on any atom is 1.00 e. The maximum absolute atomic E-state index is 11.4. The average Bonchev–Trinajstić information content (AvgIpc) is 2.77. The topological polar surface area (TPSA) is 188 Å². The largest absolute Gasteiger partial charge is 1.00 e. The minimum atomic E-state index is -1.12. The van der Waals surface area contributed by atoms with Crippen LogP contribution in [-0.2, 0) is 35.9 Å². The Morgan fingerprint density at radius 1 is 0.778 bits per heavy atom. The number of carboxylic acids is 2. The van der Waals surface area contributed by atoms with Crippen LogP contribution < -0.4 is 59.1 Å². The molecule has 0 atom stereocenters. The molecule has 0 spiro atoms. The quantitative estimate of drug-likeness (QED) is 0.136. The van der Waals surface area contributed by atoms with Gasteiger partial charge in [-0.15, -0.1) is 0 Å². The van der Waals surface area contributed by atoms with E-state index in [4.69, 9.17) is 0 Å². The molecule has 0 radical (unpaired) electrons. The second-order valence-electron chi connectivity index (χ2n) is 7.92. The summed E-state index contributed by atoms with van der Waals surface area (Å²) >= 11 is 0. The molecule has 2 heterocycles. The molecule has 190 valence electrons. The average molecular weight is 526 g/mol. The van der Waals surface area contributed by atoms with Crippen LogP contribution in [0.25, 0.3) is 0 Å². The van der Waals surface area contributed by atoms with Crippen LogP contribution in [0.2, 0.25) is 0 Å². The SMILES string of the molecule is Cc1ncc(CO)c(CN(CCN(CC(=O)O)Cc2c(CO)cnc(C)c2O)CC(=O)O)c1O.[H-].[H-].[Na+].[Na+]. The van der Waals surface area contributed by atoms with Crippen LogP contribution in [0.3, 0.4) is 0 Å². The molecule has 0 saturated heterocycles. The van der Waals surface area contributed by atoms with Crippen molar-refractivity contribution < 1.29 is 102 Å². The van der Waals surface area contributed by atoms with Crippen LogP contribution >= 0.6 is 0 Å². The fourth-order valence-electron chi connectivity index (χ4n) is 3.53. The molecule has 12 nitrogen and oxygen atoms in total. The summed E-state index contributed by atoms with van der Waals surface area (Å²) < 4.78 is 0. The van der Waals surface area contributed by atoms with Gasteiger partial charge >= 0.3 is 71.1 Å². The van der Waals surface area contributed by atoms with Gasteiger partial charge in [0.05, 0.1) is 37.7 Å². The summed E-state index contributed by atoms with van der Waals surface area (Å²) in [6.07, 6.45) is 2.82. The Labute approximate surface area is 256 Å². The van der Waals surface area contributed by atoms with E-state index < -0.39 is 38.2 Å². The molecule has 0 unspecified atom stereocenters. The van der Waals surface area contributed by atoms with E-state index in [9.17, 15) is 40.2 Å². The third-order valence-electron chi connectivity index (χ3n) is 5.41. The monoisotopic (exact) mass is 526 g/mol. The Morgan fingerprint density at radius 3 is 1.39 bits per heavy atom. The molecule has 0 saturated carbocycles. The Morgan fingerprint density at radius 2 is 1.11 bits per heavy atom. The van der Waals surface area contributed by atoms with Crippen molar-refractivity contribution in [2.75, 3.05) is 26.2 Å². The van der Waals surface area contributed by atoms with Gasteiger partial charge in [-0.05, 0) is 13.8 Å². The molecule has 0 aromatic carbocycles. The van der Waals surface area contributed by atoms with Gasteiger partial charge in [-0.3, -0.25) is 29.4 Å². The molecule has 0 fully saturated rings. The summed E-state index contributed by atoms with van der Waals surface area (Å²) in [6, 6.07) is 0. The van der Waals surface area contributed by atoms with E-state index in [0.29, 0.717) is 33.6 Å². The van der Waals surface area contributed by atoms with Crippen LogP contribution in [0, 0.1) is 13.8 Å². The molecule has 0 aliphatic heterocycles. The third kappa shape index (κ3) is 9.86. The summed E-state index contributed by atoms with van der Waals surface area (Å²) in [7, 11) is 0. The predicted octanol–water partition coefficient (Wildman–Crippen LogP) is -5.80. The van der Waals surface area contributed by atoms with Crippen LogP contribution in [0.5, 0.6) is 11.5 Å². The van der Waals surface area contributed by atoms with Gasteiger partial charge in [0.1, 0.15) is 11.5 Å². The van der Waals surface area contributed by atoms with E-state index in [1.54, 1.807) is 13.8 Å². The zero-order valence-electron chi connectivity index (χ0n) is 23.1. The number of aliphatic hydroxyl groups is 2. The number of carbonyl (C=O) groups is 2. The van der Waals surface area contributed by atoms with Crippen molar-refractivity contribution in [2.45, 2.75) is 40.2 Å². The van der Waals surface area contributed by atoms with Gasteiger partial charge in [0.15, 0.2) is 0 Å². The van der Waals surface area contributed by atoms with Gasteiger partial charge in [0, 0.05) is 60.8 Å². The fraction of sp³-hybridized carbons (Fsp3) is 0.455. The van der Waals surface area contributed by atoms with Crippen molar-refractivity contribution in [3.63, 3.8) is 0 Å². The second kappa shape index (κ2) is 16.5. The summed E-state index contributed by atoms with van der Waals surface area (Å²) in [5.74, 6) is -2.53. The van der Waals surface area contributed by atoms with Gasteiger partial charge in [-0.1, -0.05) is 0 Å². The minimum absolute atomic E-state index is 0. The number of aryl methyl sites for hydroxylation is 2. The number of aromatic hydroxyl groups is 2. The molecular weight excluding hydrogens is 494 g/mol. The van der Waals surface area contributed by atoms with Gasteiger partial charge in [0.25, 0.3) is 0 Å². The molecule has 0 aliphatic carbocycles. The van der Waals surface area contributed by atoms with Crippen molar-refractivity contribution in [2.24, 2.45) is 0 Å². The zero-order chi connectivity index (χ0) is 25.4. The number of nitrogens with zero attached hydrogens (tertiary/aromatic N) is 4. The molecule has 0 amide bonds. The smallest absolute Gasteiger partial charge is 1.00 e. The van der Waals surface area contributed by atoms with Crippen LogP contribution in [0.15, 0.2) is 12.4 Å². The third-order valence-corrected chi connectivity index (χ3v) is 5.41. The van der Waals surface area contributed by atoms with Crippen LogP contribution in [0.1, 0.15) is 36.5 Å². The normalized spacial score (nSPS) is 10.7. The van der Waals surface area contributed by atoms with Gasteiger partial charge in [0.2, 0.25) is 0 Å². The Hall–Kier alpha value is -1.32. The van der Waals surface area contributed by atoms with E-state index in [1.807, 2.05) is 0 Å². The second-order valence-corrected chi connectivity index (χ2v) is 7.92. The predicted molar refractivity (Wildman–Crippen MR) is 121 cm³/mol. The number of rotatable bonds is 13. The summed E-state index contributed by atoms with van der Waals surface area (Å²) in [5, 5.41) is 58.7. The molecule has 36 heavy (non-hydrogen) atoms. The number of carboxylic acid groups (broad SMARTS) is 2. The van der Waals surface area contributed by atoms with E-state index >= 15 is 0 Å². The van der Waals surface area contributed by atoms with Crippen LogP contribution in [0.4, 0.5) is 0 Å². The molecule has 6 N–H and O–H groups in total. The van der Waals surface area contributed by atoms with E-state index in [1.165, 1.54) is 22.2 Å². The number of hydrogen-bond acceptors (Lipinski definition) is 10. The van der Waals surface area contributed by atoms with E-state index in [0.717, 1.165) is 0 Å². The van der Waals surface area contributed by atoms with E-state index in [-0.39, 0.29) is 99.6 Å². The Kier molecular flexibility index (Phi) is 15.9. The number of hydrogen-bond donors (Lipinski definition) is 6. The number of aliphatic hydroxyl groups excluding tert-OH is 2. The van der Waals surface area contributed by atoms with Gasteiger partial charge < -0.3 is 33.5 Å². The molecule has 2 aromatic rings. The molecular formula is C22H32N4Na2O8. The van der Waals surface area contributed by atoms with Gasteiger partial charge in [-0.25, -0.2) is 0 Å². The van der Waals surface area contributed by atoms with Crippen molar-refractivity contribution >= 4 is 11.9 Å². The van der Waals surface area contributed by atoms with E-state index in [2.05, 4.69) is 9.97 Å². The Balaban J connectivity index is -0.00000306. The summed E-state index contributed by atoms with van der Waals surface area (Å²) in [5.41, 5.74) is 2.04. The molecule has 0 aliphatic rings. The van der Waals surface area contributed by atoms with Crippen molar-refractivity contribution in [1.82, 2.24) is 19.8 Å². The number of aromatic nitrogens is 2. The first kappa shape index (κ1) is 34.7. The first-order valence-corrected chi connectivity index (χ1v) is 10.5. The van der Waals surface area contributed by atoms with Crippen molar-refractivity contribution in [3.05, 3.63) is 46.0 Å². The maximum atomic E-state index is 11.4. The molecule has 2 rings (SSSR count). The number of pyridine rings is 2. The standard InChI is InChI=1S/C22H30N4O8.2Na.2H/c1-13-21(33)17(15(11-27)5-23-13)7-25(9-19(29)30)3-4-26(10-20(31)32)8-18-16(12-28)6-24-14(2)22(18)34;;;;/h5-6,27-28,33-34H,3-4,7-12H2,1-2H3,(H,29,30)(H,31,32);;;;/q;2*+1;2*-1. The zero-order valence-corrected chi connectivity index (χ0v) is 25.1. The van der Waals surface area contributed by atoms with Crippen molar-refractivity contribution in [3.8, 4) is 11.5 Å². The summed E-state index contributed by atoms with van der Waals surface area (Å²) in [4.78, 5) is 33.9. The Bertz CT molecular complexity index is 971. The first-order valence-electron chi connectivity index (χ1n) is 10.5. The molecule has 0 bridgehead atoms.